The van der Waals surface area contributed by atoms with Crippen molar-refractivity contribution in [1.82, 2.24) is 0 Å². The molecule has 0 bridgehead atoms. The Kier molecular flexibility index (Phi) is 14.1. The SMILES string of the molecule is CC\C=C/C=C\C=C\C=C\C=C(/C)c1cccc(-c2c(-c3cccc(/C(C)=C/C=C(\C)c4ccccc4)c3)ccc(C)cccc3ccc(C)cc23)c1. The third kappa shape index (κ3) is 11.0. The van der Waals surface area contributed by atoms with E-state index in [2.05, 4.69) is 236 Å². The highest BCUT2D eigenvalue weighted by molar-refractivity contribution is 6.03. The molecule has 0 radical (unpaired) electrons. The lowest BCUT2D eigenvalue weighted by Crippen LogP contribution is -1.90. The van der Waals surface area contributed by atoms with Gasteiger partial charge in [0.05, 0.1) is 0 Å². The van der Waals surface area contributed by atoms with E-state index in [0.717, 1.165) is 6.42 Å². The summed E-state index contributed by atoms with van der Waals surface area (Å²) in [7, 11) is 0. The van der Waals surface area contributed by atoms with Gasteiger partial charge in [0.2, 0.25) is 0 Å². The van der Waals surface area contributed by atoms with Crippen molar-refractivity contribution in [3.8, 4) is 22.3 Å². The van der Waals surface area contributed by atoms with Gasteiger partial charge in [0, 0.05) is 0 Å². The number of fused-ring (bicyclic) bond motifs is 1. The van der Waals surface area contributed by atoms with Gasteiger partial charge < -0.3 is 0 Å². The Labute approximate surface area is 318 Å². The summed E-state index contributed by atoms with van der Waals surface area (Å²) >= 11 is 0. The zero-order chi connectivity index (χ0) is 37.4. The predicted octanol–water partition coefficient (Wildman–Crippen LogP) is 15.5. The molecule has 0 heterocycles. The average molecular weight is 689 g/mol. The summed E-state index contributed by atoms with van der Waals surface area (Å²) in [5, 5.41) is 2.42. The molecule has 264 valence electrons. The van der Waals surface area contributed by atoms with Crippen LogP contribution in [-0.4, -0.2) is 0 Å². The van der Waals surface area contributed by atoms with Crippen molar-refractivity contribution in [2.24, 2.45) is 0 Å². The van der Waals surface area contributed by atoms with E-state index in [-0.39, 0.29) is 0 Å². The molecule has 0 saturated carbocycles. The lowest BCUT2D eigenvalue weighted by atomic mass is 9.89. The number of hydrogen-bond acceptors (Lipinski definition) is 0. The fraction of sp³-hybridized carbons (Fsp3) is 0.132. The van der Waals surface area contributed by atoms with Gasteiger partial charge in [0.1, 0.15) is 0 Å². The zero-order valence-electron chi connectivity index (χ0n) is 32.2. The minimum absolute atomic E-state index is 1.05. The maximum absolute atomic E-state index is 2.35. The summed E-state index contributed by atoms with van der Waals surface area (Å²) in [5.41, 5.74) is 14.5. The Morgan fingerprint density at radius 1 is 0.453 bits per heavy atom. The van der Waals surface area contributed by atoms with Gasteiger partial charge in [-0.15, -0.1) is 0 Å². The quantitative estimate of drug-likeness (QED) is 0.121. The van der Waals surface area contributed by atoms with Crippen molar-refractivity contribution in [1.29, 1.82) is 0 Å². The van der Waals surface area contributed by atoms with Crippen LogP contribution in [0.4, 0.5) is 0 Å². The normalized spacial score (nSPS) is 12.8. The van der Waals surface area contributed by atoms with E-state index in [4.69, 9.17) is 0 Å². The molecule has 0 fully saturated rings. The fourth-order valence-corrected chi connectivity index (χ4v) is 6.21. The van der Waals surface area contributed by atoms with E-state index in [1.807, 2.05) is 0 Å². The minimum Gasteiger partial charge on any atom is -0.0848 e. The van der Waals surface area contributed by atoms with Crippen molar-refractivity contribution < 1.29 is 0 Å². The maximum Gasteiger partial charge on any atom is -0.00265 e. The second-order valence-electron chi connectivity index (χ2n) is 13.6. The van der Waals surface area contributed by atoms with Crippen LogP contribution in [0.3, 0.4) is 0 Å². The Morgan fingerprint density at radius 2 is 1.02 bits per heavy atom. The number of benzene rings is 4. The van der Waals surface area contributed by atoms with Crippen molar-refractivity contribution in [3.05, 3.63) is 222 Å². The third-order valence-corrected chi connectivity index (χ3v) is 9.33. The fourth-order valence-electron chi connectivity index (χ4n) is 6.21. The van der Waals surface area contributed by atoms with E-state index >= 15 is 0 Å². The van der Waals surface area contributed by atoms with Gasteiger partial charge in [-0.25, -0.2) is 0 Å². The smallest absolute Gasteiger partial charge is 0.00265 e. The van der Waals surface area contributed by atoms with Crippen LogP contribution in [0, 0.1) is 13.8 Å². The van der Waals surface area contributed by atoms with Crippen molar-refractivity contribution in [2.45, 2.75) is 48.0 Å². The van der Waals surface area contributed by atoms with Crippen LogP contribution >= 0.6 is 0 Å². The van der Waals surface area contributed by atoms with Gasteiger partial charge in [-0.3, -0.25) is 0 Å². The number of rotatable bonds is 11. The molecule has 5 aromatic rings. The predicted molar refractivity (Wildman–Crippen MR) is 236 cm³/mol. The number of hydrogen-bond donors (Lipinski definition) is 0. The second kappa shape index (κ2) is 19.6. The molecule has 0 N–H and O–H groups in total. The average Bonchev–Trinajstić information content (AvgIpc) is 3.18. The molecule has 0 nitrogen and oxygen atoms in total. The molecule has 0 saturated heterocycles. The summed E-state index contributed by atoms with van der Waals surface area (Å²) in [4.78, 5) is 0. The lowest BCUT2D eigenvalue weighted by molar-refractivity contribution is 1.22. The topological polar surface area (TPSA) is 0 Å². The second-order valence-corrected chi connectivity index (χ2v) is 13.6. The van der Waals surface area contributed by atoms with Crippen LogP contribution in [0.15, 0.2) is 194 Å². The van der Waals surface area contributed by atoms with Crippen LogP contribution in [0.2, 0.25) is 0 Å². The summed E-state index contributed by atoms with van der Waals surface area (Å²) in [5.74, 6) is 0. The maximum atomic E-state index is 2.35. The van der Waals surface area contributed by atoms with Crippen LogP contribution in [-0.2, 0) is 0 Å². The molecule has 0 aromatic heterocycles. The summed E-state index contributed by atoms with van der Waals surface area (Å²) in [6.45, 7) is 13.0. The lowest BCUT2D eigenvalue weighted by Gasteiger charge is -2.15. The van der Waals surface area contributed by atoms with Crippen molar-refractivity contribution >= 4 is 27.5 Å². The molecule has 0 heteroatoms. The van der Waals surface area contributed by atoms with Crippen LogP contribution in [0.1, 0.15) is 61.9 Å². The van der Waals surface area contributed by atoms with E-state index in [9.17, 15) is 0 Å². The molecular weight excluding hydrogens is 637 g/mol. The van der Waals surface area contributed by atoms with Gasteiger partial charge in [0.15, 0.2) is 0 Å². The molecule has 53 heavy (non-hydrogen) atoms. The minimum atomic E-state index is 1.05. The third-order valence-electron chi connectivity index (χ3n) is 9.33. The first-order valence-corrected chi connectivity index (χ1v) is 18.7. The number of allylic oxidation sites excluding steroid dienone is 14. The van der Waals surface area contributed by atoms with E-state index < -0.39 is 0 Å². The highest BCUT2D eigenvalue weighted by Gasteiger charge is 2.12. The molecule has 0 unspecified atom stereocenters. The summed E-state index contributed by atoms with van der Waals surface area (Å²) < 4.78 is 0. The van der Waals surface area contributed by atoms with E-state index in [1.165, 1.54) is 77.6 Å². The van der Waals surface area contributed by atoms with Crippen LogP contribution < -0.4 is 0 Å². The standard InChI is InChI=1S/C53H52/c1-7-8-9-10-11-12-13-14-16-23-42(4)48-28-21-30-50(39-48)53-51(36-32-40(2)22-19-26-46-35-31-41(3)37-52(46)53)49-29-20-27-47(38-49)44(6)34-33-43(5)45-24-17-15-18-25-45/h8-39H,7H2,1-6H3/b9-8-,11-10-,13-12+,16-14+,22-19?,26-19?,36-32?,40-22?,40-32?,42-23+,43-33+,44-34+,46-26?,51-36?,53-51?,53-52?. The summed E-state index contributed by atoms with van der Waals surface area (Å²) in [6.07, 6.45) is 24.4. The Hall–Kier alpha value is -5.98. The first-order chi connectivity index (χ1) is 25.8. The van der Waals surface area contributed by atoms with Crippen molar-refractivity contribution in [2.75, 3.05) is 0 Å². The molecular formula is C53H52. The monoisotopic (exact) mass is 688 g/mol. The van der Waals surface area contributed by atoms with Crippen LogP contribution in [0.5, 0.6) is 0 Å². The Morgan fingerprint density at radius 3 is 1.74 bits per heavy atom. The zero-order valence-corrected chi connectivity index (χ0v) is 32.2. The molecule has 0 aliphatic rings. The first-order valence-electron chi connectivity index (χ1n) is 18.7. The van der Waals surface area contributed by atoms with Gasteiger partial charge in [0.25, 0.3) is 0 Å². The highest BCUT2D eigenvalue weighted by Crippen LogP contribution is 2.38. The molecule has 0 aliphatic carbocycles. The molecule has 5 rings (SSSR count). The van der Waals surface area contributed by atoms with Gasteiger partial charge in [-0.05, 0) is 120 Å². The molecule has 0 spiro atoms. The number of aryl methyl sites for hydroxylation is 2. The van der Waals surface area contributed by atoms with Gasteiger partial charge in [-0.1, -0.05) is 200 Å². The van der Waals surface area contributed by atoms with E-state index in [0.29, 0.717) is 0 Å². The molecule has 0 atom stereocenters. The Bertz CT molecular complexity index is 2300. The molecule has 0 aliphatic heterocycles. The Balaban J connectivity index is 1.66. The van der Waals surface area contributed by atoms with Gasteiger partial charge in [-0.2, -0.15) is 0 Å². The van der Waals surface area contributed by atoms with E-state index in [1.54, 1.807) is 0 Å². The highest BCUT2D eigenvalue weighted by atomic mass is 14.2. The molecule has 0 amide bonds. The first kappa shape index (κ1) is 38.3. The largest absolute Gasteiger partial charge is 0.0848 e. The van der Waals surface area contributed by atoms with Gasteiger partial charge >= 0.3 is 0 Å². The summed E-state index contributed by atoms with van der Waals surface area (Å²) in [6, 6.07) is 46.5. The van der Waals surface area contributed by atoms with Crippen molar-refractivity contribution in [3.63, 3.8) is 0 Å². The molecule has 5 aromatic carbocycles. The van der Waals surface area contributed by atoms with Crippen LogP contribution in [0.25, 0.3) is 49.7 Å².